The van der Waals surface area contributed by atoms with Gasteiger partial charge in [0.25, 0.3) is 5.56 Å². The number of nitrogens with zero attached hydrogens (tertiary/aromatic N) is 3. The van der Waals surface area contributed by atoms with Crippen molar-refractivity contribution >= 4 is 0 Å². The molecule has 2 aliphatic heterocycles. The van der Waals surface area contributed by atoms with E-state index in [-0.39, 0.29) is 24.2 Å². The maximum Gasteiger partial charge on any atom is 0.266 e. The van der Waals surface area contributed by atoms with Gasteiger partial charge in [0.2, 0.25) is 0 Å². The number of hydrogen-bond donors (Lipinski definition) is 1. The van der Waals surface area contributed by atoms with Gasteiger partial charge in [-0.05, 0) is 50.7 Å². The van der Waals surface area contributed by atoms with E-state index < -0.39 is 5.60 Å². The van der Waals surface area contributed by atoms with Crippen LogP contribution in [-0.2, 0) is 13.1 Å². The van der Waals surface area contributed by atoms with Crippen LogP contribution in [0.4, 0.5) is 0 Å². The maximum atomic E-state index is 12.4. The minimum Gasteiger partial charge on any atom is -0.497 e. The van der Waals surface area contributed by atoms with E-state index in [9.17, 15) is 9.90 Å². The number of aromatic nitrogens is 2. The summed E-state index contributed by atoms with van der Waals surface area (Å²) in [7, 11) is 3.34. The largest absolute Gasteiger partial charge is 0.497 e. The summed E-state index contributed by atoms with van der Waals surface area (Å²) in [6.45, 7) is 1.06. The van der Waals surface area contributed by atoms with Crippen molar-refractivity contribution in [3.63, 3.8) is 0 Å². The van der Waals surface area contributed by atoms with Crippen molar-refractivity contribution in [1.29, 1.82) is 0 Å². The van der Waals surface area contributed by atoms with Crippen LogP contribution >= 0.6 is 0 Å². The lowest BCUT2D eigenvalue weighted by Gasteiger charge is -2.44. The number of hydrogen-bond acceptors (Lipinski definition) is 6. The molecule has 7 heteroatoms. The molecule has 2 bridgehead atoms. The number of fused-ring (bicyclic) bond motifs is 2. The molecule has 1 aromatic carbocycles. The number of ether oxygens (including phenoxy) is 2. The Hall–Kier alpha value is -2.38. The Morgan fingerprint density at radius 2 is 1.81 bits per heavy atom. The molecule has 3 heterocycles. The molecular weight excluding hydrogens is 394 g/mol. The monoisotopic (exact) mass is 425 g/mol. The first-order valence-corrected chi connectivity index (χ1v) is 11.2. The van der Waals surface area contributed by atoms with Gasteiger partial charge in [-0.25, -0.2) is 4.68 Å². The Morgan fingerprint density at radius 1 is 1.06 bits per heavy atom. The Balaban J connectivity index is 1.32. The number of piperidine rings is 1. The van der Waals surface area contributed by atoms with Crippen LogP contribution in [0.15, 0.2) is 35.1 Å². The minimum atomic E-state index is -0.897. The van der Waals surface area contributed by atoms with E-state index in [4.69, 9.17) is 9.47 Å². The van der Waals surface area contributed by atoms with Crippen LogP contribution in [0.5, 0.6) is 11.5 Å². The van der Waals surface area contributed by atoms with Gasteiger partial charge in [0, 0.05) is 42.2 Å². The van der Waals surface area contributed by atoms with Gasteiger partial charge in [-0.2, -0.15) is 5.10 Å². The molecule has 1 aliphatic carbocycles. The third-order valence-electron chi connectivity index (χ3n) is 7.18. The third-order valence-corrected chi connectivity index (χ3v) is 7.18. The summed E-state index contributed by atoms with van der Waals surface area (Å²) in [5.41, 5.74) is 1.08. The summed E-state index contributed by atoms with van der Waals surface area (Å²) in [4.78, 5) is 14.9. The fraction of sp³-hybridized carbons (Fsp3) is 0.583. The summed E-state index contributed by atoms with van der Waals surface area (Å²) in [5.74, 6) is 2.09. The Morgan fingerprint density at radius 3 is 2.45 bits per heavy atom. The molecule has 2 aromatic rings. The van der Waals surface area contributed by atoms with Crippen LogP contribution in [0.3, 0.4) is 0 Å². The molecule has 166 valence electrons. The molecule has 1 aromatic heterocycles. The van der Waals surface area contributed by atoms with Crippen LogP contribution in [0.25, 0.3) is 0 Å². The van der Waals surface area contributed by atoms with Gasteiger partial charge >= 0.3 is 0 Å². The summed E-state index contributed by atoms with van der Waals surface area (Å²) in [5, 5.41) is 16.0. The van der Waals surface area contributed by atoms with Crippen molar-refractivity contribution < 1.29 is 14.6 Å². The lowest BCUT2D eigenvalue weighted by atomic mass is 9.85. The van der Waals surface area contributed by atoms with Gasteiger partial charge < -0.3 is 14.6 Å². The second-order valence-electron chi connectivity index (χ2n) is 9.40. The molecule has 5 rings (SSSR count). The summed E-state index contributed by atoms with van der Waals surface area (Å²) < 4.78 is 12.4. The van der Waals surface area contributed by atoms with Crippen molar-refractivity contribution in [2.75, 3.05) is 14.2 Å². The van der Waals surface area contributed by atoms with E-state index >= 15 is 0 Å². The molecule has 1 unspecified atom stereocenters. The predicted octanol–water partition coefficient (Wildman–Crippen LogP) is 2.70. The summed E-state index contributed by atoms with van der Waals surface area (Å²) in [6.07, 6.45) is 5.73. The Bertz CT molecular complexity index is 1000. The van der Waals surface area contributed by atoms with Crippen LogP contribution in [0.1, 0.15) is 55.7 Å². The molecule has 31 heavy (non-hydrogen) atoms. The van der Waals surface area contributed by atoms with Gasteiger partial charge in [-0.3, -0.25) is 9.69 Å². The average Bonchev–Trinajstić information content (AvgIpc) is 3.57. The molecule has 3 fully saturated rings. The van der Waals surface area contributed by atoms with E-state index in [1.165, 1.54) is 4.68 Å². The zero-order valence-electron chi connectivity index (χ0n) is 18.3. The number of benzene rings is 1. The first-order chi connectivity index (χ1) is 15.0. The van der Waals surface area contributed by atoms with Gasteiger partial charge in [-0.1, -0.05) is 6.07 Å². The molecule has 0 amide bonds. The van der Waals surface area contributed by atoms with Crippen molar-refractivity contribution in [1.82, 2.24) is 14.7 Å². The van der Waals surface area contributed by atoms with Gasteiger partial charge in [-0.15, -0.1) is 0 Å². The molecular formula is C24H31N3O4. The third kappa shape index (κ3) is 4.08. The second-order valence-corrected chi connectivity index (χ2v) is 9.40. The second kappa shape index (κ2) is 7.95. The maximum absolute atomic E-state index is 12.4. The minimum absolute atomic E-state index is 0.129. The highest BCUT2D eigenvalue weighted by Gasteiger charge is 2.48. The lowest BCUT2D eigenvalue weighted by Crippen LogP contribution is -2.53. The van der Waals surface area contributed by atoms with E-state index in [1.807, 2.05) is 18.2 Å². The zero-order chi connectivity index (χ0) is 21.6. The van der Waals surface area contributed by atoms with E-state index in [0.29, 0.717) is 18.8 Å². The fourth-order valence-corrected chi connectivity index (χ4v) is 5.43. The number of aliphatic hydroxyl groups is 1. The van der Waals surface area contributed by atoms with Crippen molar-refractivity contribution in [2.45, 2.75) is 75.2 Å². The highest BCUT2D eigenvalue weighted by molar-refractivity contribution is 5.41. The predicted molar refractivity (Wildman–Crippen MR) is 117 cm³/mol. The summed E-state index contributed by atoms with van der Waals surface area (Å²) in [6, 6.07) is 9.97. The average molecular weight is 426 g/mol. The smallest absolute Gasteiger partial charge is 0.266 e. The highest BCUT2D eigenvalue weighted by Crippen LogP contribution is 2.43. The van der Waals surface area contributed by atoms with Gasteiger partial charge in [0.15, 0.2) is 0 Å². The Kier molecular flexibility index (Phi) is 5.26. The fourth-order valence-electron chi connectivity index (χ4n) is 5.43. The van der Waals surface area contributed by atoms with Crippen LogP contribution in [-0.4, -0.2) is 51.7 Å². The van der Waals surface area contributed by atoms with E-state index in [2.05, 4.69) is 16.1 Å². The van der Waals surface area contributed by atoms with E-state index in [0.717, 1.165) is 55.0 Å². The van der Waals surface area contributed by atoms with Gasteiger partial charge in [0.1, 0.15) is 11.5 Å². The summed E-state index contributed by atoms with van der Waals surface area (Å²) >= 11 is 0. The quantitative estimate of drug-likeness (QED) is 0.735. The normalized spacial score (nSPS) is 28.0. The molecule has 1 N–H and O–H groups in total. The van der Waals surface area contributed by atoms with Crippen LogP contribution < -0.4 is 15.0 Å². The van der Waals surface area contributed by atoms with Gasteiger partial charge in [0.05, 0.1) is 32.1 Å². The van der Waals surface area contributed by atoms with Crippen molar-refractivity contribution in [3.05, 3.63) is 51.9 Å². The zero-order valence-corrected chi connectivity index (χ0v) is 18.3. The topological polar surface area (TPSA) is 76.8 Å². The van der Waals surface area contributed by atoms with Crippen LogP contribution in [0.2, 0.25) is 0 Å². The molecule has 2 saturated heterocycles. The van der Waals surface area contributed by atoms with Crippen molar-refractivity contribution in [3.8, 4) is 11.5 Å². The van der Waals surface area contributed by atoms with Crippen molar-refractivity contribution in [2.24, 2.45) is 0 Å². The first kappa shape index (κ1) is 20.5. The first-order valence-electron chi connectivity index (χ1n) is 11.2. The SMILES string of the molecule is COc1ccc(CN2[C@@H]3CC[C@H]2CC(O)(Cn2nc(C4CC4)ccc2=O)C3)c(OC)c1. The van der Waals surface area contributed by atoms with Crippen LogP contribution in [0, 0.1) is 0 Å². The Labute approximate surface area is 182 Å². The van der Waals surface area contributed by atoms with E-state index in [1.54, 1.807) is 20.3 Å². The molecule has 3 aliphatic rings. The molecule has 0 radical (unpaired) electrons. The molecule has 1 saturated carbocycles. The number of rotatable bonds is 7. The highest BCUT2D eigenvalue weighted by atomic mass is 16.5. The molecule has 3 atom stereocenters. The lowest BCUT2D eigenvalue weighted by molar-refractivity contribution is -0.0679. The molecule has 0 spiro atoms. The standard InChI is InChI=1S/C24H31N3O4/c1-30-20-8-5-17(22(11-20)31-2)14-26-18-6-7-19(26)13-24(29,12-18)15-27-23(28)10-9-21(25-27)16-3-4-16/h5,8-11,16,18-19,29H,3-4,6-7,12-15H2,1-2H3/t18-,19+,24?. The number of methoxy groups -OCH3 is 2. The molecule has 7 nitrogen and oxygen atoms in total.